The van der Waals surface area contributed by atoms with E-state index in [2.05, 4.69) is 44.4 Å². The van der Waals surface area contributed by atoms with Crippen LogP contribution in [-0.4, -0.2) is 24.2 Å². The van der Waals surface area contributed by atoms with Crippen LogP contribution in [0.2, 0.25) is 0 Å². The van der Waals surface area contributed by atoms with Gasteiger partial charge in [0.1, 0.15) is 12.0 Å². The summed E-state index contributed by atoms with van der Waals surface area (Å²) in [4.78, 5) is 13.2. The van der Waals surface area contributed by atoms with Crippen LogP contribution in [0.25, 0.3) is 5.76 Å². The molecule has 0 spiro atoms. The molecule has 0 heterocycles. The van der Waals surface area contributed by atoms with Crippen molar-refractivity contribution in [1.29, 1.82) is 5.41 Å². The summed E-state index contributed by atoms with van der Waals surface area (Å²) in [6.45, 7) is 10.4. The summed E-state index contributed by atoms with van der Waals surface area (Å²) in [6, 6.07) is 19.3. The molecule has 1 aliphatic carbocycles. The zero-order chi connectivity index (χ0) is 24.6. The first-order chi connectivity index (χ1) is 16.1. The van der Waals surface area contributed by atoms with E-state index >= 15 is 0 Å². The number of aliphatic hydroxyl groups is 1. The number of nitrogens with one attached hydrogen (secondary N) is 1. The van der Waals surface area contributed by atoms with Gasteiger partial charge in [-0.3, -0.25) is 10.2 Å². The Balaban J connectivity index is 1.87. The van der Waals surface area contributed by atoms with E-state index in [4.69, 9.17) is 5.41 Å². The van der Waals surface area contributed by atoms with E-state index < -0.39 is 0 Å². The number of rotatable bonds is 6. The molecule has 0 saturated carbocycles. The van der Waals surface area contributed by atoms with E-state index in [1.165, 1.54) is 11.1 Å². The lowest BCUT2D eigenvalue weighted by molar-refractivity contribution is 0.112. The summed E-state index contributed by atoms with van der Waals surface area (Å²) in [6.07, 6.45) is 3.10. The van der Waals surface area contributed by atoms with Crippen molar-refractivity contribution in [3.05, 3.63) is 101 Å². The molecule has 3 aromatic rings. The van der Waals surface area contributed by atoms with E-state index in [1.54, 1.807) is 12.1 Å². The Bertz CT molecular complexity index is 1250. The van der Waals surface area contributed by atoms with Crippen LogP contribution in [0, 0.1) is 5.41 Å². The van der Waals surface area contributed by atoms with E-state index in [1.807, 2.05) is 43.4 Å². The number of carbonyl (C=O) groups excluding carboxylic acids is 1. The van der Waals surface area contributed by atoms with Gasteiger partial charge in [0.05, 0.1) is 11.4 Å². The second-order valence-corrected chi connectivity index (χ2v) is 9.95. The minimum absolute atomic E-state index is 0.0158. The maximum absolute atomic E-state index is 11.1. The monoisotopic (exact) mass is 452 g/mol. The van der Waals surface area contributed by atoms with Gasteiger partial charge >= 0.3 is 0 Å². The van der Waals surface area contributed by atoms with Crippen LogP contribution in [-0.2, 0) is 5.41 Å². The van der Waals surface area contributed by atoms with Gasteiger partial charge in [-0.05, 0) is 71.7 Å². The smallest absolute Gasteiger partial charge is 0.150 e. The molecule has 0 aromatic heterocycles. The number of anilines is 2. The van der Waals surface area contributed by atoms with Gasteiger partial charge in [-0.15, -0.1) is 0 Å². The molecule has 2 N–H and O–H groups in total. The Kier molecular flexibility index (Phi) is 6.18. The maximum atomic E-state index is 11.1. The number of benzene rings is 3. The third-order valence-electron chi connectivity index (χ3n) is 7.18. The third kappa shape index (κ3) is 4.28. The summed E-state index contributed by atoms with van der Waals surface area (Å²) in [5, 5.41) is 18.8. The maximum Gasteiger partial charge on any atom is 0.150 e. The highest BCUT2D eigenvalue weighted by Crippen LogP contribution is 2.45. The van der Waals surface area contributed by atoms with Crippen LogP contribution >= 0.6 is 0 Å². The molecule has 4 rings (SSSR count). The first-order valence-electron chi connectivity index (χ1n) is 11.7. The predicted octanol–water partition coefficient (Wildman–Crippen LogP) is 7.39. The van der Waals surface area contributed by atoms with Crippen LogP contribution in [0.1, 0.15) is 77.7 Å². The topological polar surface area (TPSA) is 64.4 Å². The summed E-state index contributed by atoms with van der Waals surface area (Å²) in [5.41, 5.74) is 7.96. The van der Waals surface area contributed by atoms with Gasteiger partial charge in [-0.2, -0.15) is 0 Å². The zero-order valence-electron chi connectivity index (χ0n) is 20.4. The summed E-state index contributed by atoms with van der Waals surface area (Å²) in [5.74, 6) is 0.447. The molecule has 0 amide bonds. The van der Waals surface area contributed by atoms with E-state index in [-0.39, 0.29) is 11.2 Å². The number of carbonyl (C=O) groups is 1. The fourth-order valence-electron chi connectivity index (χ4n) is 4.84. The van der Waals surface area contributed by atoms with Crippen molar-refractivity contribution in [1.82, 2.24) is 0 Å². The van der Waals surface area contributed by atoms with Gasteiger partial charge in [0.2, 0.25) is 0 Å². The van der Waals surface area contributed by atoms with Crippen molar-refractivity contribution < 1.29 is 9.90 Å². The lowest BCUT2D eigenvalue weighted by Gasteiger charge is -2.38. The molecular formula is C30H32N2O2. The molecule has 0 saturated heterocycles. The Morgan fingerprint density at radius 2 is 1.71 bits per heavy atom. The fraction of sp³-hybridized carbons (Fsp3) is 0.267. The summed E-state index contributed by atoms with van der Waals surface area (Å²) < 4.78 is 0. The number of nitrogens with zero attached hydrogens (tertiary/aromatic N) is 1. The SMILES string of the molecule is C=C(O)c1ccc(C(=N)c2cc3c(cc2N(C)c2ccc(C=O)cc2)C(C)(C)CCC3C)cc1. The molecule has 1 unspecified atom stereocenters. The van der Waals surface area contributed by atoms with E-state index in [0.717, 1.165) is 41.6 Å². The van der Waals surface area contributed by atoms with Crippen LogP contribution in [0.4, 0.5) is 11.4 Å². The van der Waals surface area contributed by atoms with Crippen LogP contribution in [0.5, 0.6) is 0 Å². The standard InChI is InChI=1S/C30H32N2O2/c1-19-14-15-30(3,4)27-17-28(32(5)24-12-6-21(18-33)7-13-24)26(16-25(19)27)29(31)23-10-8-22(9-11-23)20(2)34/h6-13,16-19,31,34H,2,14-15H2,1,3-5H3. The van der Waals surface area contributed by atoms with Crippen molar-refractivity contribution >= 4 is 29.1 Å². The van der Waals surface area contributed by atoms with Crippen molar-refractivity contribution in [2.75, 3.05) is 11.9 Å². The quantitative estimate of drug-likeness (QED) is 0.233. The molecule has 1 atom stereocenters. The Morgan fingerprint density at radius 1 is 1.09 bits per heavy atom. The average Bonchev–Trinajstić information content (AvgIpc) is 2.85. The lowest BCUT2D eigenvalue weighted by atomic mass is 9.68. The zero-order valence-corrected chi connectivity index (χ0v) is 20.4. The number of fused-ring (bicyclic) bond motifs is 1. The molecule has 174 valence electrons. The number of hydrogen-bond donors (Lipinski definition) is 2. The Morgan fingerprint density at radius 3 is 2.29 bits per heavy atom. The second-order valence-electron chi connectivity index (χ2n) is 9.95. The first-order valence-corrected chi connectivity index (χ1v) is 11.7. The molecule has 0 aliphatic heterocycles. The molecule has 0 fully saturated rings. The lowest BCUT2D eigenvalue weighted by Crippen LogP contribution is -2.27. The minimum atomic E-state index is 0.0158. The van der Waals surface area contributed by atoms with Gasteiger partial charge in [0.25, 0.3) is 0 Å². The summed E-state index contributed by atoms with van der Waals surface area (Å²) >= 11 is 0. The highest BCUT2D eigenvalue weighted by atomic mass is 16.3. The molecule has 0 bridgehead atoms. The number of aldehydes is 1. The molecule has 3 aromatic carbocycles. The third-order valence-corrected chi connectivity index (χ3v) is 7.18. The largest absolute Gasteiger partial charge is 0.508 e. The molecule has 4 nitrogen and oxygen atoms in total. The van der Waals surface area contributed by atoms with Crippen molar-refractivity contribution in [3.63, 3.8) is 0 Å². The van der Waals surface area contributed by atoms with Gasteiger partial charge in [-0.1, -0.05) is 51.6 Å². The Labute approximate surface area is 202 Å². The molecule has 0 radical (unpaired) electrons. The minimum Gasteiger partial charge on any atom is -0.508 e. The van der Waals surface area contributed by atoms with Crippen molar-refractivity contribution in [3.8, 4) is 0 Å². The number of hydrogen-bond acceptors (Lipinski definition) is 4. The van der Waals surface area contributed by atoms with Crippen molar-refractivity contribution in [2.45, 2.75) is 44.9 Å². The molecule has 4 heteroatoms. The molecule has 34 heavy (non-hydrogen) atoms. The highest BCUT2D eigenvalue weighted by molar-refractivity contribution is 6.14. The van der Waals surface area contributed by atoms with Crippen LogP contribution in [0.15, 0.2) is 67.2 Å². The van der Waals surface area contributed by atoms with Gasteiger partial charge in [0.15, 0.2) is 0 Å². The average molecular weight is 453 g/mol. The number of aliphatic hydroxyl groups excluding tert-OH is 1. The van der Waals surface area contributed by atoms with Gasteiger partial charge in [0, 0.05) is 35.0 Å². The Hall–Kier alpha value is -3.66. The highest BCUT2D eigenvalue weighted by Gasteiger charge is 2.33. The van der Waals surface area contributed by atoms with Crippen molar-refractivity contribution in [2.24, 2.45) is 0 Å². The fourth-order valence-corrected chi connectivity index (χ4v) is 4.84. The van der Waals surface area contributed by atoms with E-state index in [9.17, 15) is 9.90 Å². The normalized spacial score (nSPS) is 16.4. The molecule has 1 aliphatic rings. The first kappa shape index (κ1) is 23.5. The molecular weight excluding hydrogens is 420 g/mol. The van der Waals surface area contributed by atoms with Crippen LogP contribution in [0.3, 0.4) is 0 Å². The van der Waals surface area contributed by atoms with Gasteiger partial charge < -0.3 is 10.0 Å². The summed E-state index contributed by atoms with van der Waals surface area (Å²) in [7, 11) is 2.01. The van der Waals surface area contributed by atoms with Crippen LogP contribution < -0.4 is 4.90 Å². The predicted molar refractivity (Wildman–Crippen MR) is 141 cm³/mol. The van der Waals surface area contributed by atoms with E-state index in [0.29, 0.717) is 22.8 Å². The second kappa shape index (κ2) is 8.94. The van der Waals surface area contributed by atoms with Gasteiger partial charge in [-0.25, -0.2) is 0 Å².